The van der Waals surface area contributed by atoms with Crippen molar-refractivity contribution >= 4 is 39.0 Å². The highest BCUT2D eigenvalue weighted by molar-refractivity contribution is 7.91. The van der Waals surface area contributed by atoms with Crippen LogP contribution in [0.15, 0.2) is 18.2 Å². The van der Waals surface area contributed by atoms with Crippen LogP contribution in [0.5, 0.6) is 0 Å². The number of nitrogen functional groups attached to an aromatic ring is 1. The van der Waals surface area contributed by atoms with Crippen molar-refractivity contribution in [3.05, 3.63) is 28.8 Å². The van der Waals surface area contributed by atoms with E-state index in [1.54, 1.807) is 6.92 Å². The molecular weight excluding hydrogens is 356 g/mol. The van der Waals surface area contributed by atoms with E-state index in [9.17, 15) is 18.0 Å². The van der Waals surface area contributed by atoms with Gasteiger partial charge in [0.05, 0.1) is 17.1 Å². The van der Waals surface area contributed by atoms with Gasteiger partial charge >= 0.3 is 5.97 Å². The monoisotopic (exact) mass is 374 g/mol. The minimum absolute atomic E-state index is 0.0538. The Hall–Kier alpha value is -1.80. The van der Waals surface area contributed by atoms with Crippen molar-refractivity contribution in [1.29, 1.82) is 0 Å². The van der Waals surface area contributed by atoms with Crippen LogP contribution in [0.4, 0.5) is 5.69 Å². The maximum Gasteiger partial charge on any atom is 0.340 e. The number of halogens is 1. The average Bonchev–Trinajstić information content (AvgIpc) is 2.87. The molecule has 0 unspecified atom stereocenters. The summed E-state index contributed by atoms with van der Waals surface area (Å²) >= 11 is 5.81. The van der Waals surface area contributed by atoms with E-state index >= 15 is 0 Å². The lowest BCUT2D eigenvalue weighted by Gasteiger charge is -2.26. The van der Waals surface area contributed by atoms with Crippen molar-refractivity contribution in [3.63, 3.8) is 0 Å². The van der Waals surface area contributed by atoms with E-state index in [2.05, 4.69) is 0 Å². The van der Waals surface area contributed by atoms with Crippen molar-refractivity contribution in [2.24, 2.45) is 0 Å². The lowest BCUT2D eigenvalue weighted by atomic mass is 10.2. The largest absolute Gasteiger partial charge is 0.452 e. The van der Waals surface area contributed by atoms with Gasteiger partial charge in [0.2, 0.25) is 0 Å². The van der Waals surface area contributed by atoms with E-state index in [1.165, 1.54) is 23.1 Å². The number of hydrogen-bond acceptors (Lipinski definition) is 6. The van der Waals surface area contributed by atoms with Crippen LogP contribution in [-0.4, -0.2) is 55.9 Å². The van der Waals surface area contributed by atoms with Gasteiger partial charge in [-0.05, 0) is 31.5 Å². The molecule has 1 aliphatic rings. The fraction of sp³-hybridized carbons (Fsp3) is 0.467. The highest BCUT2D eigenvalue weighted by Crippen LogP contribution is 2.20. The number of rotatable bonds is 5. The van der Waals surface area contributed by atoms with E-state index in [-0.39, 0.29) is 28.8 Å². The number of hydrogen-bond donors (Lipinski definition) is 1. The number of carbonyl (C=O) groups excluding carboxylic acids is 2. The first-order valence-corrected chi connectivity index (χ1v) is 9.65. The van der Waals surface area contributed by atoms with Crippen molar-refractivity contribution in [2.45, 2.75) is 19.4 Å². The van der Waals surface area contributed by atoms with Crippen LogP contribution in [0.2, 0.25) is 5.02 Å². The van der Waals surface area contributed by atoms with Gasteiger partial charge in [0.25, 0.3) is 5.91 Å². The van der Waals surface area contributed by atoms with Gasteiger partial charge in [0.15, 0.2) is 16.4 Å². The number of anilines is 1. The third kappa shape index (κ3) is 4.39. The third-order valence-electron chi connectivity index (χ3n) is 3.87. The molecular formula is C15H19ClN2O5S. The highest BCUT2D eigenvalue weighted by atomic mass is 35.5. The van der Waals surface area contributed by atoms with Gasteiger partial charge in [0, 0.05) is 23.3 Å². The molecule has 1 heterocycles. The third-order valence-corrected chi connectivity index (χ3v) is 5.86. The highest BCUT2D eigenvalue weighted by Gasteiger charge is 2.34. The predicted molar refractivity (Wildman–Crippen MR) is 90.6 cm³/mol. The Morgan fingerprint density at radius 3 is 2.71 bits per heavy atom. The van der Waals surface area contributed by atoms with Gasteiger partial charge in [-0.1, -0.05) is 11.6 Å². The smallest absolute Gasteiger partial charge is 0.340 e. The molecule has 0 saturated carbocycles. The Morgan fingerprint density at radius 1 is 1.42 bits per heavy atom. The Balaban J connectivity index is 1.98. The van der Waals surface area contributed by atoms with Gasteiger partial charge < -0.3 is 15.4 Å². The predicted octanol–water partition coefficient (Wildman–Crippen LogP) is 1.11. The molecule has 1 amide bonds. The molecule has 0 radical (unpaired) electrons. The van der Waals surface area contributed by atoms with Gasteiger partial charge in [-0.25, -0.2) is 13.2 Å². The standard InChI is InChI=1S/C15H19ClN2O5S/c1-2-18(11-5-6-24(21,22)9-11)14(19)8-23-15(20)12-7-10(16)3-4-13(12)17/h3-4,7,11H,2,5-6,8-9,17H2,1H3/t11-/m0/s1. The Bertz CT molecular complexity index is 750. The van der Waals surface area contributed by atoms with Crippen molar-refractivity contribution in [1.82, 2.24) is 4.90 Å². The summed E-state index contributed by atoms with van der Waals surface area (Å²) in [5.41, 5.74) is 5.98. The number of sulfone groups is 1. The number of nitrogens with zero attached hydrogens (tertiary/aromatic N) is 1. The fourth-order valence-corrected chi connectivity index (χ4v) is 4.56. The number of esters is 1. The maximum absolute atomic E-state index is 12.3. The summed E-state index contributed by atoms with van der Waals surface area (Å²) < 4.78 is 28.1. The lowest BCUT2D eigenvalue weighted by Crippen LogP contribution is -2.43. The average molecular weight is 375 g/mol. The summed E-state index contributed by atoms with van der Waals surface area (Å²) in [4.78, 5) is 25.7. The SMILES string of the molecule is CCN(C(=O)COC(=O)c1cc(Cl)ccc1N)[C@H]1CCS(=O)(=O)C1. The van der Waals surface area contributed by atoms with E-state index in [0.717, 1.165) is 0 Å². The van der Waals surface area contributed by atoms with Crippen molar-refractivity contribution in [3.8, 4) is 0 Å². The molecule has 132 valence electrons. The second kappa shape index (κ2) is 7.40. The van der Waals surface area contributed by atoms with Gasteiger partial charge in [0.1, 0.15) is 0 Å². The summed E-state index contributed by atoms with van der Waals surface area (Å²) in [7, 11) is -3.10. The molecule has 1 aromatic rings. The second-order valence-corrected chi connectivity index (χ2v) is 8.21. The Labute approximate surface area is 145 Å². The van der Waals surface area contributed by atoms with E-state index in [4.69, 9.17) is 22.1 Å². The first-order chi connectivity index (χ1) is 11.2. The zero-order valence-electron chi connectivity index (χ0n) is 13.2. The van der Waals surface area contributed by atoms with Gasteiger partial charge in [-0.2, -0.15) is 0 Å². The summed E-state index contributed by atoms with van der Waals surface area (Å²) in [5.74, 6) is -1.17. The molecule has 0 aromatic heterocycles. The molecule has 2 N–H and O–H groups in total. The van der Waals surface area contributed by atoms with Crippen LogP contribution >= 0.6 is 11.6 Å². The zero-order chi connectivity index (χ0) is 17.9. The second-order valence-electron chi connectivity index (χ2n) is 5.54. The van der Waals surface area contributed by atoms with E-state index in [0.29, 0.717) is 18.0 Å². The summed E-state index contributed by atoms with van der Waals surface area (Å²) in [6.45, 7) is 1.62. The lowest BCUT2D eigenvalue weighted by molar-refractivity contribution is -0.136. The molecule has 0 bridgehead atoms. The molecule has 0 spiro atoms. The quantitative estimate of drug-likeness (QED) is 0.611. The molecule has 1 aromatic carbocycles. The molecule has 24 heavy (non-hydrogen) atoms. The summed E-state index contributed by atoms with van der Waals surface area (Å²) in [5, 5.41) is 0.328. The number of amides is 1. The fourth-order valence-electron chi connectivity index (χ4n) is 2.65. The normalized spacial score (nSPS) is 19.0. The van der Waals surface area contributed by atoms with Crippen LogP contribution in [0.3, 0.4) is 0 Å². The first kappa shape index (κ1) is 18.5. The molecule has 1 fully saturated rings. The van der Waals surface area contributed by atoms with Crippen LogP contribution in [0, 0.1) is 0 Å². The molecule has 1 saturated heterocycles. The number of likely N-dealkylation sites (N-methyl/N-ethyl adjacent to an activating group) is 1. The first-order valence-electron chi connectivity index (χ1n) is 7.45. The minimum atomic E-state index is -3.10. The molecule has 7 nitrogen and oxygen atoms in total. The van der Waals surface area contributed by atoms with Crippen LogP contribution in [-0.2, 0) is 19.4 Å². The molecule has 0 aliphatic carbocycles. The summed E-state index contributed by atoms with van der Waals surface area (Å²) in [6.07, 6.45) is 0.400. The van der Waals surface area contributed by atoms with E-state index in [1.807, 2.05) is 0 Å². The number of nitrogens with two attached hydrogens (primary N) is 1. The number of carbonyl (C=O) groups is 2. The molecule has 2 rings (SSSR count). The van der Waals surface area contributed by atoms with Crippen LogP contribution in [0.25, 0.3) is 0 Å². The number of ether oxygens (including phenoxy) is 1. The van der Waals surface area contributed by atoms with Crippen molar-refractivity contribution < 1.29 is 22.7 Å². The molecule has 1 atom stereocenters. The van der Waals surface area contributed by atoms with Gasteiger partial charge in [-0.15, -0.1) is 0 Å². The minimum Gasteiger partial charge on any atom is -0.452 e. The Kier molecular flexibility index (Phi) is 5.71. The topological polar surface area (TPSA) is 107 Å². The molecule has 9 heteroatoms. The number of benzene rings is 1. The van der Waals surface area contributed by atoms with Crippen molar-refractivity contribution in [2.75, 3.05) is 30.4 Å². The van der Waals surface area contributed by atoms with Gasteiger partial charge in [-0.3, -0.25) is 4.79 Å². The zero-order valence-corrected chi connectivity index (χ0v) is 14.8. The van der Waals surface area contributed by atoms with Crippen LogP contribution < -0.4 is 5.73 Å². The summed E-state index contributed by atoms with van der Waals surface area (Å²) in [6, 6.07) is 4.01. The van der Waals surface area contributed by atoms with E-state index < -0.39 is 28.3 Å². The Morgan fingerprint density at radius 2 is 2.12 bits per heavy atom. The molecule has 1 aliphatic heterocycles. The van der Waals surface area contributed by atoms with Crippen LogP contribution in [0.1, 0.15) is 23.7 Å². The maximum atomic E-state index is 12.3.